The molecule has 5 N–H and O–H groups in total. The molecular weight excluding hydrogens is 390 g/mol. The van der Waals surface area contributed by atoms with Gasteiger partial charge >= 0.3 is 0 Å². The van der Waals surface area contributed by atoms with Crippen molar-refractivity contribution >= 4 is 17.4 Å². The molecular formula is C24H31N5O2. The minimum absolute atomic E-state index is 0.0772. The average Bonchev–Trinajstić information content (AvgIpc) is 2.82. The number of anilines is 2. The van der Waals surface area contributed by atoms with Crippen LogP contribution in [0.15, 0.2) is 67.1 Å². The van der Waals surface area contributed by atoms with E-state index in [4.69, 9.17) is 10.8 Å². The molecule has 7 nitrogen and oxygen atoms in total. The number of amides is 1. The SMILES string of the molecule is CCCCCNCc1ccc(C(=O)Nc2cccnc2N)cc1.OCc1cccnc1. The van der Waals surface area contributed by atoms with E-state index in [1.165, 1.54) is 24.8 Å². The molecule has 2 aromatic heterocycles. The third kappa shape index (κ3) is 8.94. The maximum Gasteiger partial charge on any atom is 0.255 e. The number of aromatic nitrogens is 2. The monoisotopic (exact) mass is 421 g/mol. The first kappa shape index (κ1) is 24.0. The Morgan fingerprint density at radius 3 is 2.42 bits per heavy atom. The predicted octanol–water partition coefficient (Wildman–Crippen LogP) is 3.77. The molecule has 0 radical (unpaired) electrons. The molecule has 3 rings (SSSR count). The second-order valence-electron chi connectivity index (χ2n) is 6.99. The number of pyridine rings is 2. The van der Waals surface area contributed by atoms with Crippen LogP contribution in [0.25, 0.3) is 0 Å². The minimum atomic E-state index is -0.188. The van der Waals surface area contributed by atoms with Gasteiger partial charge in [-0.25, -0.2) is 4.98 Å². The first-order chi connectivity index (χ1) is 15.1. The van der Waals surface area contributed by atoms with Crippen LogP contribution in [0.2, 0.25) is 0 Å². The van der Waals surface area contributed by atoms with E-state index < -0.39 is 0 Å². The zero-order chi connectivity index (χ0) is 22.3. The molecule has 0 aliphatic heterocycles. The summed E-state index contributed by atoms with van der Waals surface area (Å²) < 4.78 is 0. The van der Waals surface area contributed by atoms with Crippen LogP contribution in [0, 0.1) is 0 Å². The van der Waals surface area contributed by atoms with E-state index in [-0.39, 0.29) is 12.5 Å². The van der Waals surface area contributed by atoms with Crippen molar-refractivity contribution in [3.05, 3.63) is 83.8 Å². The second kappa shape index (κ2) is 13.8. The summed E-state index contributed by atoms with van der Waals surface area (Å²) in [5.41, 5.74) is 8.87. The standard InChI is InChI=1S/C18H24N4O.C6H7NO/c1-2-3-4-11-20-13-14-7-9-15(10-8-14)18(23)22-16-6-5-12-21-17(16)19;8-5-6-2-1-3-7-4-6/h5-10,12,20H,2-4,11,13H2,1H3,(H2,19,21)(H,22,23);1-4,8H,5H2. The van der Waals surface area contributed by atoms with Crippen LogP contribution in [0.1, 0.15) is 47.7 Å². The van der Waals surface area contributed by atoms with Gasteiger partial charge in [-0.2, -0.15) is 0 Å². The average molecular weight is 422 g/mol. The van der Waals surface area contributed by atoms with Gasteiger partial charge in [0.05, 0.1) is 12.3 Å². The van der Waals surface area contributed by atoms with E-state index in [0.717, 1.165) is 18.7 Å². The number of nitrogens with one attached hydrogen (secondary N) is 2. The zero-order valence-electron chi connectivity index (χ0n) is 17.9. The van der Waals surface area contributed by atoms with Crippen molar-refractivity contribution in [2.75, 3.05) is 17.6 Å². The van der Waals surface area contributed by atoms with Crippen molar-refractivity contribution < 1.29 is 9.90 Å². The normalized spacial score (nSPS) is 10.1. The molecule has 0 spiro atoms. The lowest BCUT2D eigenvalue weighted by Gasteiger charge is -2.08. The molecule has 164 valence electrons. The number of carbonyl (C=O) groups is 1. The van der Waals surface area contributed by atoms with Gasteiger partial charge in [-0.15, -0.1) is 0 Å². The molecule has 2 heterocycles. The maximum atomic E-state index is 12.2. The van der Waals surface area contributed by atoms with Crippen molar-refractivity contribution in [3.8, 4) is 0 Å². The number of aliphatic hydroxyl groups excluding tert-OH is 1. The van der Waals surface area contributed by atoms with Gasteiger partial charge in [0.2, 0.25) is 0 Å². The molecule has 31 heavy (non-hydrogen) atoms. The number of hydrogen-bond acceptors (Lipinski definition) is 6. The fourth-order valence-electron chi connectivity index (χ4n) is 2.72. The van der Waals surface area contributed by atoms with Gasteiger partial charge < -0.3 is 21.5 Å². The molecule has 0 saturated heterocycles. The van der Waals surface area contributed by atoms with Crippen LogP contribution in [0.5, 0.6) is 0 Å². The molecule has 7 heteroatoms. The fraction of sp³-hybridized carbons (Fsp3) is 0.292. The van der Waals surface area contributed by atoms with Crippen molar-refractivity contribution in [1.29, 1.82) is 0 Å². The summed E-state index contributed by atoms with van der Waals surface area (Å²) in [6.45, 7) is 4.12. The molecule has 0 aliphatic carbocycles. The lowest BCUT2D eigenvalue weighted by Crippen LogP contribution is -2.15. The number of hydrogen-bond donors (Lipinski definition) is 4. The Hall–Kier alpha value is -3.29. The molecule has 1 amide bonds. The Kier molecular flexibility index (Phi) is 10.7. The predicted molar refractivity (Wildman–Crippen MR) is 124 cm³/mol. The van der Waals surface area contributed by atoms with Crippen molar-refractivity contribution in [3.63, 3.8) is 0 Å². The summed E-state index contributed by atoms with van der Waals surface area (Å²) in [5.74, 6) is 0.126. The Balaban J connectivity index is 0.000000357. The van der Waals surface area contributed by atoms with E-state index in [2.05, 4.69) is 27.5 Å². The molecule has 0 saturated carbocycles. The number of unbranched alkanes of at least 4 members (excludes halogenated alkanes) is 2. The Bertz CT molecular complexity index is 901. The molecule has 0 aliphatic rings. The van der Waals surface area contributed by atoms with E-state index >= 15 is 0 Å². The van der Waals surface area contributed by atoms with Gasteiger partial charge in [0.25, 0.3) is 5.91 Å². The number of nitrogen functional groups attached to an aromatic ring is 1. The number of nitrogens with zero attached hydrogens (tertiary/aromatic N) is 2. The molecule has 1 aromatic carbocycles. The highest BCUT2D eigenvalue weighted by molar-refractivity contribution is 6.05. The van der Waals surface area contributed by atoms with Gasteiger partial charge in [-0.3, -0.25) is 9.78 Å². The van der Waals surface area contributed by atoms with Gasteiger partial charge in [-0.05, 0) is 54.4 Å². The van der Waals surface area contributed by atoms with Crippen LogP contribution in [-0.2, 0) is 13.2 Å². The minimum Gasteiger partial charge on any atom is -0.392 e. The van der Waals surface area contributed by atoms with Crippen LogP contribution in [-0.4, -0.2) is 27.5 Å². The van der Waals surface area contributed by atoms with Gasteiger partial charge in [-0.1, -0.05) is 38.0 Å². The topological polar surface area (TPSA) is 113 Å². The Labute approximate surface area is 183 Å². The highest BCUT2D eigenvalue weighted by Gasteiger charge is 2.08. The third-order valence-corrected chi connectivity index (χ3v) is 4.49. The summed E-state index contributed by atoms with van der Waals surface area (Å²) in [5, 5.41) is 14.7. The largest absolute Gasteiger partial charge is 0.392 e. The second-order valence-corrected chi connectivity index (χ2v) is 6.99. The third-order valence-electron chi connectivity index (χ3n) is 4.49. The smallest absolute Gasteiger partial charge is 0.255 e. The highest BCUT2D eigenvalue weighted by Crippen LogP contribution is 2.15. The number of nitrogens with two attached hydrogens (primary N) is 1. The number of benzene rings is 1. The molecule has 0 unspecified atom stereocenters. The van der Waals surface area contributed by atoms with E-state index in [1.54, 1.807) is 36.8 Å². The Morgan fingerprint density at radius 2 is 1.81 bits per heavy atom. The lowest BCUT2D eigenvalue weighted by molar-refractivity contribution is 0.102. The van der Waals surface area contributed by atoms with Gasteiger partial charge in [0.1, 0.15) is 5.82 Å². The number of aliphatic hydroxyl groups is 1. The van der Waals surface area contributed by atoms with E-state index in [0.29, 0.717) is 17.1 Å². The lowest BCUT2D eigenvalue weighted by atomic mass is 10.1. The number of carbonyl (C=O) groups excluding carboxylic acids is 1. The summed E-state index contributed by atoms with van der Waals surface area (Å²) >= 11 is 0. The first-order valence-electron chi connectivity index (χ1n) is 10.4. The van der Waals surface area contributed by atoms with Crippen LogP contribution in [0.3, 0.4) is 0 Å². The van der Waals surface area contributed by atoms with Crippen molar-refractivity contribution in [1.82, 2.24) is 15.3 Å². The highest BCUT2D eigenvalue weighted by atomic mass is 16.3. The first-order valence-corrected chi connectivity index (χ1v) is 10.4. The number of rotatable bonds is 9. The van der Waals surface area contributed by atoms with E-state index in [9.17, 15) is 4.79 Å². The summed E-state index contributed by atoms with van der Waals surface area (Å²) in [4.78, 5) is 19.9. The zero-order valence-corrected chi connectivity index (χ0v) is 17.9. The van der Waals surface area contributed by atoms with Gasteiger partial charge in [0.15, 0.2) is 0 Å². The maximum absolute atomic E-state index is 12.2. The van der Waals surface area contributed by atoms with Crippen LogP contribution >= 0.6 is 0 Å². The summed E-state index contributed by atoms with van der Waals surface area (Å²) in [7, 11) is 0. The molecule has 0 fully saturated rings. The van der Waals surface area contributed by atoms with Crippen molar-refractivity contribution in [2.45, 2.75) is 39.3 Å². The van der Waals surface area contributed by atoms with Crippen LogP contribution in [0.4, 0.5) is 11.5 Å². The fourth-order valence-corrected chi connectivity index (χ4v) is 2.72. The quantitative estimate of drug-likeness (QED) is 0.391. The van der Waals surface area contributed by atoms with Crippen molar-refractivity contribution in [2.24, 2.45) is 0 Å². The summed E-state index contributed by atoms with van der Waals surface area (Å²) in [6.07, 6.45) is 8.59. The molecule has 0 atom stereocenters. The van der Waals surface area contributed by atoms with Gasteiger partial charge in [0, 0.05) is 30.7 Å². The summed E-state index contributed by atoms with van der Waals surface area (Å²) in [6, 6.07) is 14.7. The van der Waals surface area contributed by atoms with Crippen LogP contribution < -0.4 is 16.4 Å². The van der Waals surface area contributed by atoms with E-state index in [1.807, 2.05) is 30.3 Å². The Morgan fingerprint density at radius 1 is 1.03 bits per heavy atom. The molecule has 0 bridgehead atoms. The molecule has 3 aromatic rings.